The van der Waals surface area contributed by atoms with Crippen LogP contribution in [0.2, 0.25) is 0 Å². The van der Waals surface area contributed by atoms with E-state index in [1.807, 2.05) is 13.8 Å². The van der Waals surface area contributed by atoms with Gasteiger partial charge in [-0.1, -0.05) is 69.3 Å². The number of aliphatic hydroxyl groups is 4. The zero-order chi connectivity index (χ0) is 42.8. The Morgan fingerprint density at radius 3 is 2.10 bits per heavy atom. The molecule has 0 radical (unpaired) electrons. The van der Waals surface area contributed by atoms with Gasteiger partial charge in [-0.25, -0.2) is 14.4 Å². The molecule has 2 aromatic carbocycles. The number of carbonyl (C=O) groups excluding carboxylic acids is 4. The Kier molecular flexibility index (Phi) is 11.3. The molecule has 1 amide bonds. The van der Waals surface area contributed by atoms with Crippen LogP contribution in [0.25, 0.3) is 0 Å². The molecule has 2 aromatic rings. The molecule has 1 heterocycles. The third kappa shape index (κ3) is 7.67. The van der Waals surface area contributed by atoms with Gasteiger partial charge in [0, 0.05) is 17.8 Å². The normalized spacial score (nSPS) is 34.6. The predicted molar refractivity (Wildman–Crippen MR) is 210 cm³/mol. The summed E-state index contributed by atoms with van der Waals surface area (Å²) in [6.45, 7) is 11.9. The molecule has 7 rings (SSSR count). The third-order valence-corrected chi connectivity index (χ3v) is 13.5. The highest BCUT2D eigenvalue weighted by Gasteiger charge is 2.75. The van der Waals surface area contributed by atoms with Gasteiger partial charge in [-0.05, 0) is 81.2 Å². The van der Waals surface area contributed by atoms with Gasteiger partial charge in [0.05, 0.1) is 42.3 Å². The van der Waals surface area contributed by atoms with E-state index in [0.717, 1.165) is 0 Å². The first-order valence-electron chi connectivity index (χ1n) is 20.5. The Hall–Kier alpha value is -4.34. The van der Waals surface area contributed by atoms with E-state index in [-0.39, 0.29) is 30.9 Å². The van der Waals surface area contributed by atoms with Crippen molar-refractivity contribution in [3.05, 3.63) is 82.9 Å². The second-order valence-electron chi connectivity index (χ2n) is 18.7. The summed E-state index contributed by atoms with van der Waals surface area (Å²) in [4.78, 5) is 54.9. The average Bonchev–Trinajstić information content (AvgIpc) is 4.03. The van der Waals surface area contributed by atoms with Crippen LogP contribution in [0.1, 0.15) is 96.1 Å². The van der Waals surface area contributed by atoms with Gasteiger partial charge in [0.2, 0.25) is 0 Å². The topological polar surface area (TPSA) is 207 Å². The van der Waals surface area contributed by atoms with Crippen molar-refractivity contribution in [3.8, 4) is 0 Å². The van der Waals surface area contributed by atoms with Gasteiger partial charge in [0.25, 0.3) is 0 Å². The zero-order valence-electron chi connectivity index (χ0n) is 34.6. The van der Waals surface area contributed by atoms with E-state index in [9.17, 15) is 39.6 Å². The van der Waals surface area contributed by atoms with Crippen LogP contribution in [0.15, 0.2) is 71.8 Å². The van der Waals surface area contributed by atoms with Crippen LogP contribution in [-0.2, 0) is 33.3 Å². The molecule has 3 saturated carbocycles. The molecule has 320 valence electrons. The van der Waals surface area contributed by atoms with Gasteiger partial charge in [-0.15, -0.1) is 0 Å². The van der Waals surface area contributed by atoms with E-state index in [0.29, 0.717) is 29.6 Å². The van der Waals surface area contributed by atoms with Crippen LogP contribution in [0, 0.1) is 28.6 Å². The van der Waals surface area contributed by atoms with Gasteiger partial charge in [0.1, 0.15) is 30.0 Å². The number of hydrogen-bond donors (Lipinski definition) is 5. The van der Waals surface area contributed by atoms with E-state index in [1.165, 1.54) is 0 Å². The number of rotatable bonds is 9. The monoisotopic (exact) mass is 819 g/mol. The quantitative estimate of drug-likeness (QED) is 0.136. The Morgan fingerprint density at radius 1 is 0.898 bits per heavy atom. The minimum atomic E-state index is -1.93. The summed E-state index contributed by atoms with van der Waals surface area (Å²) < 4.78 is 30.6. The molecule has 5 N–H and O–H groups in total. The largest absolute Gasteiger partial charge is 0.458 e. The molecule has 5 aliphatic rings. The number of amides is 1. The summed E-state index contributed by atoms with van der Waals surface area (Å²) in [7, 11) is 0. The first-order valence-corrected chi connectivity index (χ1v) is 20.5. The fourth-order valence-corrected chi connectivity index (χ4v) is 10.2. The highest BCUT2D eigenvalue weighted by atomic mass is 16.6. The van der Waals surface area contributed by atoms with E-state index in [4.69, 9.17) is 23.7 Å². The Bertz CT molecular complexity index is 1960. The van der Waals surface area contributed by atoms with Crippen LogP contribution < -0.4 is 5.32 Å². The van der Waals surface area contributed by atoms with Crippen LogP contribution in [-0.4, -0.2) is 105 Å². The first kappa shape index (κ1) is 42.8. The van der Waals surface area contributed by atoms with Crippen molar-refractivity contribution >= 4 is 24.0 Å². The highest BCUT2D eigenvalue weighted by molar-refractivity contribution is 5.89. The van der Waals surface area contributed by atoms with Crippen molar-refractivity contribution in [1.82, 2.24) is 5.32 Å². The molecule has 1 saturated heterocycles. The lowest BCUT2D eigenvalue weighted by Gasteiger charge is -2.67. The smallest absolute Gasteiger partial charge is 0.408 e. The van der Waals surface area contributed by atoms with Crippen LogP contribution in [0.5, 0.6) is 0 Å². The van der Waals surface area contributed by atoms with Crippen molar-refractivity contribution in [2.75, 3.05) is 6.61 Å². The summed E-state index contributed by atoms with van der Waals surface area (Å²) in [6.07, 6.45) is -9.33. The Morgan fingerprint density at radius 2 is 1.53 bits per heavy atom. The molecular weight excluding hydrogens is 762 g/mol. The number of aliphatic hydroxyl groups excluding tert-OH is 4. The molecule has 12 atom stereocenters. The lowest BCUT2D eigenvalue weighted by atomic mass is 9.45. The summed E-state index contributed by atoms with van der Waals surface area (Å²) in [5.74, 6) is -4.49. The molecule has 0 aromatic heterocycles. The minimum Gasteiger partial charge on any atom is -0.458 e. The number of fused-ring (bicyclic) bond motifs is 5. The minimum absolute atomic E-state index is 0.00725. The van der Waals surface area contributed by atoms with E-state index in [1.54, 1.807) is 95.3 Å². The number of ether oxygens (including phenoxy) is 5. The van der Waals surface area contributed by atoms with Gasteiger partial charge < -0.3 is 49.4 Å². The Labute approximate surface area is 344 Å². The average molecular weight is 820 g/mol. The molecule has 1 aliphatic heterocycles. The van der Waals surface area contributed by atoms with Gasteiger partial charge in [0.15, 0.2) is 11.7 Å². The van der Waals surface area contributed by atoms with Crippen molar-refractivity contribution in [2.24, 2.45) is 28.6 Å². The van der Waals surface area contributed by atoms with Crippen LogP contribution in [0.3, 0.4) is 0 Å². The molecule has 2 bridgehead atoms. The number of carbonyl (C=O) groups is 4. The number of benzene rings is 2. The fraction of sp³-hybridized carbons (Fsp3) is 0.600. The molecule has 2 unspecified atom stereocenters. The van der Waals surface area contributed by atoms with E-state index in [2.05, 4.69) is 5.32 Å². The van der Waals surface area contributed by atoms with Gasteiger partial charge in [-0.2, -0.15) is 0 Å². The number of alkyl carbamates (subject to hydrolysis) is 1. The molecular formula is C45H57NO13. The second-order valence-corrected chi connectivity index (χ2v) is 18.7. The third-order valence-electron chi connectivity index (χ3n) is 13.5. The molecule has 14 nitrogen and oxygen atoms in total. The van der Waals surface area contributed by atoms with Crippen LogP contribution in [0.4, 0.5) is 4.79 Å². The van der Waals surface area contributed by atoms with E-state index >= 15 is 0 Å². The fourth-order valence-electron chi connectivity index (χ4n) is 10.2. The highest BCUT2D eigenvalue weighted by Crippen LogP contribution is 2.64. The van der Waals surface area contributed by atoms with Crippen LogP contribution >= 0.6 is 0 Å². The zero-order valence-corrected chi connectivity index (χ0v) is 34.6. The lowest BCUT2D eigenvalue weighted by Crippen LogP contribution is -2.80. The predicted octanol–water partition coefficient (Wildman–Crippen LogP) is 4.33. The first-order chi connectivity index (χ1) is 27.7. The maximum Gasteiger partial charge on any atom is 0.408 e. The standard InChI is InChI=1S/C45H57NO13/c1-23-28(56-40(53)34(49)32(24-14-10-8-11-15-24)46-41(54)59-42(2,3)4)20-27-35(57-38(51)25-16-12-9-13-17-25)36-44(7,37(50)33(48)31(23)43(27,5)6)29(47)21-30-45(36,22-55-30)58-39(52)26-18-19-26/h8-17,26-30,32-37,47-50H,18-22H2,1-7H3,(H,46,54)/t27?,28-,29-,30+,32-,33+,34+,35+,36?,37-,44+,45-/m0/s1. The molecule has 4 aliphatic carbocycles. The molecule has 0 spiro atoms. The van der Waals surface area contributed by atoms with Crippen molar-refractivity contribution in [2.45, 2.75) is 134 Å². The maximum absolute atomic E-state index is 14.2. The summed E-state index contributed by atoms with van der Waals surface area (Å²) >= 11 is 0. The maximum atomic E-state index is 14.2. The van der Waals surface area contributed by atoms with Crippen molar-refractivity contribution in [1.29, 1.82) is 0 Å². The lowest BCUT2D eigenvalue weighted by molar-refractivity contribution is -0.355. The summed E-state index contributed by atoms with van der Waals surface area (Å²) in [5, 5.41) is 51.1. The second kappa shape index (κ2) is 15.6. The van der Waals surface area contributed by atoms with E-state index < -0.39 is 107 Å². The van der Waals surface area contributed by atoms with Gasteiger partial charge >= 0.3 is 24.0 Å². The van der Waals surface area contributed by atoms with Crippen molar-refractivity contribution in [3.63, 3.8) is 0 Å². The number of nitrogens with one attached hydrogen (secondary N) is 1. The van der Waals surface area contributed by atoms with Gasteiger partial charge in [-0.3, -0.25) is 4.79 Å². The summed E-state index contributed by atoms with van der Waals surface area (Å²) in [6, 6.07) is 15.4. The number of esters is 3. The Balaban J connectivity index is 1.31. The molecule has 4 fully saturated rings. The summed E-state index contributed by atoms with van der Waals surface area (Å²) in [5.41, 5.74) is -3.68. The molecule has 59 heavy (non-hydrogen) atoms. The molecule has 14 heteroatoms. The number of hydrogen-bond acceptors (Lipinski definition) is 13. The van der Waals surface area contributed by atoms with Crippen molar-refractivity contribution < 1.29 is 63.3 Å². The SMILES string of the molecule is CC1=C2[C@@H](O)[C@H](O)[C@@]3(C)C([C@H](OC(=O)c4ccccc4)C(C[C@@H]1OC(=O)[C@H](O)[C@@H](NC(=O)OC(C)(C)C)c1ccccc1)C2(C)C)[C@]1(OC(=O)C2CC2)CO[C@@H]1C[C@@H]3O.